The molecular formula is C27H20Cl2F7N3O3. The second-order valence-corrected chi connectivity index (χ2v) is 10.3. The number of nitrogens with zero attached hydrogens (tertiary/aromatic N) is 2. The maximum Gasteiger partial charge on any atom is 0.435 e. The number of oxime groups is 2. The zero-order valence-corrected chi connectivity index (χ0v) is 23.1. The summed E-state index contributed by atoms with van der Waals surface area (Å²) >= 11 is 11.5. The third-order valence-electron chi connectivity index (χ3n) is 6.23. The second kappa shape index (κ2) is 11.6. The third-order valence-corrected chi connectivity index (χ3v) is 6.78. The van der Waals surface area contributed by atoms with Gasteiger partial charge in [0.25, 0.3) is 11.5 Å². The lowest BCUT2D eigenvalue weighted by Gasteiger charge is -2.29. The van der Waals surface area contributed by atoms with Crippen LogP contribution in [-0.2, 0) is 15.3 Å². The number of halogens is 9. The van der Waals surface area contributed by atoms with Crippen LogP contribution >= 0.6 is 23.2 Å². The molecule has 15 heteroatoms. The molecule has 0 aliphatic carbocycles. The van der Waals surface area contributed by atoms with E-state index in [4.69, 9.17) is 28.0 Å². The Hall–Kier alpha value is -3.58. The van der Waals surface area contributed by atoms with Crippen molar-refractivity contribution in [1.29, 1.82) is 0 Å². The van der Waals surface area contributed by atoms with Crippen LogP contribution in [0.25, 0.3) is 10.8 Å². The van der Waals surface area contributed by atoms with Gasteiger partial charge in [0.2, 0.25) is 0 Å². The first-order chi connectivity index (χ1) is 19.5. The van der Waals surface area contributed by atoms with Gasteiger partial charge in [0.05, 0.1) is 22.3 Å². The van der Waals surface area contributed by atoms with Gasteiger partial charge in [-0.25, -0.2) is 4.39 Å². The summed E-state index contributed by atoms with van der Waals surface area (Å²) in [5.41, 5.74) is -5.05. The standard InChI is InChI=1S/C27H20Cl2F7N3O3/c1-13(2)41-39-22(26(31,32)33)12-37-24(40)18-8-7-17(15-5-3-4-6-16(15)18)21-11-25(42-38-21,27(34,35)36)14-9-19(28)23(30)20(29)10-14/h3-10,13H,11-12H2,1-2H3,(H,37,40). The number of benzene rings is 3. The molecule has 0 spiro atoms. The van der Waals surface area contributed by atoms with E-state index in [1.807, 2.05) is 0 Å². The van der Waals surface area contributed by atoms with Crippen molar-refractivity contribution in [3.05, 3.63) is 81.1 Å². The van der Waals surface area contributed by atoms with Gasteiger partial charge in [-0.05, 0) is 42.8 Å². The van der Waals surface area contributed by atoms with E-state index < -0.39 is 70.1 Å². The van der Waals surface area contributed by atoms with Gasteiger partial charge in [0.1, 0.15) is 6.10 Å². The lowest BCUT2D eigenvalue weighted by Crippen LogP contribution is -2.42. The highest BCUT2D eigenvalue weighted by Crippen LogP contribution is 2.50. The highest BCUT2D eigenvalue weighted by atomic mass is 35.5. The molecule has 42 heavy (non-hydrogen) atoms. The van der Waals surface area contributed by atoms with Crippen LogP contribution in [0.4, 0.5) is 30.7 Å². The molecular weight excluding hydrogens is 618 g/mol. The van der Waals surface area contributed by atoms with Gasteiger partial charge in [0, 0.05) is 23.1 Å². The van der Waals surface area contributed by atoms with Crippen LogP contribution in [0.2, 0.25) is 10.0 Å². The van der Waals surface area contributed by atoms with E-state index >= 15 is 0 Å². The minimum Gasteiger partial charge on any atom is -0.393 e. The van der Waals surface area contributed by atoms with Crippen molar-refractivity contribution in [2.45, 2.75) is 44.3 Å². The van der Waals surface area contributed by atoms with Crippen molar-refractivity contribution in [3.8, 4) is 0 Å². The van der Waals surface area contributed by atoms with Gasteiger partial charge in [0.15, 0.2) is 11.5 Å². The van der Waals surface area contributed by atoms with Gasteiger partial charge < -0.3 is 15.0 Å². The molecule has 0 saturated carbocycles. The number of hydrogen-bond donors (Lipinski definition) is 1. The topological polar surface area (TPSA) is 72.3 Å². The monoisotopic (exact) mass is 637 g/mol. The van der Waals surface area contributed by atoms with Crippen LogP contribution < -0.4 is 5.32 Å². The quantitative estimate of drug-likeness (QED) is 0.124. The summed E-state index contributed by atoms with van der Waals surface area (Å²) in [6, 6.07) is 10.1. The van der Waals surface area contributed by atoms with Crippen LogP contribution in [0, 0.1) is 5.82 Å². The summed E-state index contributed by atoms with van der Waals surface area (Å²) in [6.07, 6.45) is -11.4. The molecule has 1 atom stereocenters. The third kappa shape index (κ3) is 6.12. The molecule has 1 amide bonds. The van der Waals surface area contributed by atoms with Crippen molar-refractivity contribution in [3.63, 3.8) is 0 Å². The first kappa shape index (κ1) is 31.4. The molecule has 0 aromatic heterocycles. The number of nitrogens with one attached hydrogen (secondary N) is 1. The minimum atomic E-state index is -5.05. The number of fused-ring (bicyclic) bond motifs is 1. The van der Waals surface area contributed by atoms with Crippen molar-refractivity contribution in [2.75, 3.05) is 6.54 Å². The average molecular weight is 638 g/mol. The van der Waals surface area contributed by atoms with Crippen molar-refractivity contribution in [2.24, 2.45) is 10.3 Å². The largest absolute Gasteiger partial charge is 0.435 e. The fraction of sp³-hybridized carbons (Fsp3) is 0.296. The Morgan fingerprint density at radius 3 is 2.26 bits per heavy atom. The van der Waals surface area contributed by atoms with Gasteiger partial charge in [-0.3, -0.25) is 4.79 Å². The highest BCUT2D eigenvalue weighted by Gasteiger charge is 2.62. The summed E-state index contributed by atoms with van der Waals surface area (Å²) in [6.45, 7) is 1.96. The summed E-state index contributed by atoms with van der Waals surface area (Å²) in [5, 5.41) is 8.12. The first-order valence-corrected chi connectivity index (χ1v) is 12.9. The van der Waals surface area contributed by atoms with E-state index in [1.54, 1.807) is 6.07 Å². The molecule has 1 unspecified atom stereocenters. The van der Waals surface area contributed by atoms with Gasteiger partial charge in [-0.1, -0.05) is 63.8 Å². The minimum absolute atomic E-state index is 0.0562. The number of hydrogen-bond acceptors (Lipinski definition) is 5. The van der Waals surface area contributed by atoms with Crippen LogP contribution in [0.1, 0.15) is 41.8 Å². The molecule has 0 fully saturated rings. The Bertz CT molecular complexity index is 1570. The van der Waals surface area contributed by atoms with Gasteiger partial charge in [-0.2, -0.15) is 26.3 Å². The number of amides is 1. The maximum atomic E-state index is 14.4. The maximum absolute atomic E-state index is 14.4. The molecule has 0 radical (unpaired) electrons. The Labute approximate surface area is 244 Å². The Balaban J connectivity index is 1.68. The van der Waals surface area contributed by atoms with E-state index in [9.17, 15) is 35.5 Å². The fourth-order valence-corrected chi connectivity index (χ4v) is 4.69. The predicted octanol–water partition coefficient (Wildman–Crippen LogP) is 7.94. The SMILES string of the molecule is CC(C)ON=C(CNC(=O)c1ccc(C2=NOC(c3cc(Cl)c(F)c(Cl)c3)(C(F)(F)F)C2)c2ccccc12)C(F)(F)F. The molecule has 0 bridgehead atoms. The van der Waals surface area contributed by atoms with E-state index in [2.05, 4.69) is 20.5 Å². The zero-order valence-electron chi connectivity index (χ0n) is 21.6. The normalized spacial score (nSPS) is 17.8. The van der Waals surface area contributed by atoms with E-state index in [0.717, 1.165) is 12.1 Å². The Kier molecular flexibility index (Phi) is 8.66. The van der Waals surface area contributed by atoms with Crippen molar-refractivity contribution >= 4 is 51.3 Å². The molecule has 224 valence electrons. The molecule has 0 saturated heterocycles. The predicted molar refractivity (Wildman–Crippen MR) is 142 cm³/mol. The zero-order chi connectivity index (χ0) is 31.0. The van der Waals surface area contributed by atoms with Crippen LogP contribution in [-0.4, -0.2) is 42.3 Å². The number of rotatable bonds is 7. The summed E-state index contributed by atoms with van der Waals surface area (Å²) in [5.74, 6) is -2.00. The number of carbonyl (C=O) groups is 1. The first-order valence-electron chi connectivity index (χ1n) is 12.1. The smallest absolute Gasteiger partial charge is 0.393 e. The lowest BCUT2D eigenvalue weighted by molar-refractivity contribution is -0.275. The molecule has 3 aromatic rings. The Morgan fingerprint density at radius 1 is 1.07 bits per heavy atom. The summed E-state index contributed by atoms with van der Waals surface area (Å²) in [4.78, 5) is 22.6. The highest BCUT2D eigenvalue weighted by molar-refractivity contribution is 6.35. The van der Waals surface area contributed by atoms with Crippen LogP contribution in [0.5, 0.6) is 0 Å². The van der Waals surface area contributed by atoms with E-state index in [-0.39, 0.29) is 27.6 Å². The van der Waals surface area contributed by atoms with E-state index in [1.165, 1.54) is 44.2 Å². The van der Waals surface area contributed by atoms with Gasteiger partial charge >= 0.3 is 12.4 Å². The molecule has 4 rings (SSSR count). The van der Waals surface area contributed by atoms with Crippen LogP contribution in [0.3, 0.4) is 0 Å². The van der Waals surface area contributed by atoms with Gasteiger partial charge in [-0.15, -0.1) is 0 Å². The Morgan fingerprint density at radius 2 is 1.69 bits per heavy atom. The molecule has 1 aliphatic rings. The molecule has 1 heterocycles. The molecule has 1 N–H and O–H groups in total. The van der Waals surface area contributed by atoms with Crippen molar-refractivity contribution < 1.29 is 45.2 Å². The molecule has 3 aromatic carbocycles. The van der Waals surface area contributed by atoms with Crippen molar-refractivity contribution in [1.82, 2.24) is 5.32 Å². The fourth-order valence-electron chi connectivity index (χ4n) is 4.20. The second-order valence-electron chi connectivity index (χ2n) is 9.46. The van der Waals surface area contributed by atoms with E-state index in [0.29, 0.717) is 0 Å². The number of alkyl halides is 6. The number of carbonyl (C=O) groups excluding carboxylic acids is 1. The summed E-state index contributed by atoms with van der Waals surface area (Å²) < 4.78 is 97.3. The average Bonchev–Trinajstić information content (AvgIpc) is 3.36. The molecule has 1 aliphatic heterocycles. The van der Waals surface area contributed by atoms with Crippen LogP contribution in [0.15, 0.2) is 58.8 Å². The lowest BCUT2D eigenvalue weighted by atomic mass is 9.85. The molecule has 6 nitrogen and oxygen atoms in total. The summed E-state index contributed by atoms with van der Waals surface area (Å²) in [7, 11) is 0.